The second-order valence-electron chi connectivity index (χ2n) is 2.84. The van der Waals surface area contributed by atoms with Crippen molar-refractivity contribution in [1.82, 2.24) is 0 Å². The van der Waals surface area contributed by atoms with E-state index in [1.807, 2.05) is 13.8 Å². The molecule has 0 spiro atoms. The van der Waals surface area contributed by atoms with Crippen molar-refractivity contribution in [2.24, 2.45) is 0 Å². The number of ketones is 1. The minimum absolute atomic E-state index is 0.137. The molecule has 0 unspecified atom stereocenters. The molecule has 0 amide bonds. The molecule has 0 radical (unpaired) electrons. The molecule has 0 heterocycles. The number of non-ortho nitro benzene ring substituents is 1. The molecule has 82 valence electrons. The molecular weight excluding hydrogens is 194 g/mol. The standard InChI is InChI=1S/C6H5NO2.C5H10O/c8-7(9)6-4-2-1-3-5-6;1-3-5(6)4-2/h1-5H;3-4H2,1-2H3. The maximum absolute atomic E-state index is 10.2. The van der Waals surface area contributed by atoms with Crippen molar-refractivity contribution in [3.8, 4) is 0 Å². The number of hydrogen-bond acceptors (Lipinski definition) is 3. The van der Waals surface area contributed by atoms with Crippen molar-refractivity contribution in [3.63, 3.8) is 0 Å². The van der Waals surface area contributed by atoms with Crippen LogP contribution in [0.4, 0.5) is 5.69 Å². The zero-order valence-electron chi connectivity index (χ0n) is 8.97. The van der Waals surface area contributed by atoms with Gasteiger partial charge in [0.05, 0.1) is 4.92 Å². The van der Waals surface area contributed by atoms with Gasteiger partial charge in [-0.2, -0.15) is 0 Å². The van der Waals surface area contributed by atoms with Crippen molar-refractivity contribution in [3.05, 3.63) is 40.4 Å². The number of hydrogen-bond donors (Lipinski definition) is 0. The zero-order valence-corrected chi connectivity index (χ0v) is 8.97. The van der Waals surface area contributed by atoms with E-state index in [0.29, 0.717) is 18.6 Å². The van der Waals surface area contributed by atoms with E-state index >= 15 is 0 Å². The summed E-state index contributed by atoms with van der Waals surface area (Å²) in [4.78, 5) is 19.8. The average molecular weight is 209 g/mol. The largest absolute Gasteiger partial charge is 0.300 e. The van der Waals surface area contributed by atoms with Crippen LogP contribution in [0.15, 0.2) is 30.3 Å². The Morgan fingerprint density at radius 2 is 1.67 bits per heavy atom. The molecule has 0 bridgehead atoms. The van der Waals surface area contributed by atoms with Crippen LogP contribution >= 0.6 is 0 Å². The molecule has 0 atom stereocenters. The van der Waals surface area contributed by atoms with Gasteiger partial charge in [-0.1, -0.05) is 32.0 Å². The Morgan fingerprint density at radius 3 is 1.87 bits per heavy atom. The topological polar surface area (TPSA) is 60.2 Å². The monoisotopic (exact) mass is 209 g/mol. The summed E-state index contributed by atoms with van der Waals surface area (Å²) in [7, 11) is 0. The Balaban J connectivity index is 0.000000288. The summed E-state index contributed by atoms with van der Waals surface area (Å²) in [5.41, 5.74) is 0.137. The predicted octanol–water partition coefficient (Wildman–Crippen LogP) is 2.97. The maximum Gasteiger partial charge on any atom is 0.269 e. The first-order valence-corrected chi connectivity index (χ1v) is 4.82. The first kappa shape index (κ1) is 13.3. The van der Waals surface area contributed by atoms with Crippen LogP contribution in [0.2, 0.25) is 0 Å². The maximum atomic E-state index is 10.2. The molecule has 4 nitrogen and oxygen atoms in total. The van der Waals surface area contributed by atoms with Gasteiger partial charge in [0.25, 0.3) is 5.69 Å². The molecule has 0 aliphatic carbocycles. The fourth-order valence-corrected chi connectivity index (χ4v) is 0.800. The lowest BCUT2D eigenvalue weighted by atomic mass is 10.3. The van der Waals surface area contributed by atoms with Gasteiger partial charge < -0.3 is 0 Å². The van der Waals surface area contributed by atoms with E-state index in [4.69, 9.17) is 0 Å². The van der Waals surface area contributed by atoms with Gasteiger partial charge in [0.1, 0.15) is 5.78 Å². The van der Waals surface area contributed by atoms with Gasteiger partial charge in [-0.15, -0.1) is 0 Å². The molecule has 4 heteroatoms. The average Bonchev–Trinajstić information content (AvgIpc) is 2.30. The van der Waals surface area contributed by atoms with Gasteiger partial charge in [0.2, 0.25) is 0 Å². The quantitative estimate of drug-likeness (QED) is 0.568. The van der Waals surface area contributed by atoms with Gasteiger partial charge >= 0.3 is 0 Å². The molecule has 1 aromatic carbocycles. The number of carbonyl (C=O) groups excluding carboxylic acids is 1. The number of nitro benzene ring substituents is 1. The number of benzene rings is 1. The van der Waals surface area contributed by atoms with E-state index in [1.165, 1.54) is 12.1 Å². The second kappa shape index (κ2) is 7.67. The molecule has 1 rings (SSSR count). The van der Waals surface area contributed by atoms with Crippen LogP contribution in [0, 0.1) is 10.1 Å². The third kappa shape index (κ3) is 6.37. The highest BCUT2D eigenvalue weighted by atomic mass is 16.6. The number of para-hydroxylation sites is 1. The normalized spacial score (nSPS) is 8.67. The van der Waals surface area contributed by atoms with Gasteiger partial charge in [0, 0.05) is 25.0 Å². The van der Waals surface area contributed by atoms with Crippen LogP contribution in [0.25, 0.3) is 0 Å². The van der Waals surface area contributed by atoms with Gasteiger partial charge in [-0.3, -0.25) is 14.9 Å². The van der Waals surface area contributed by atoms with E-state index in [-0.39, 0.29) is 5.69 Å². The number of carbonyl (C=O) groups is 1. The molecule has 0 saturated heterocycles. The van der Waals surface area contributed by atoms with Gasteiger partial charge in [-0.25, -0.2) is 0 Å². The highest BCUT2D eigenvalue weighted by molar-refractivity contribution is 5.77. The Bertz CT molecular complexity index is 303. The van der Waals surface area contributed by atoms with Crippen LogP contribution in [-0.2, 0) is 4.79 Å². The van der Waals surface area contributed by atoms with Crippen LogP contribution in [0.3, 0.4) is 0 Å². The van der Waals surface area contributed by atoms with Crippen molar-refractivity contribution >= 4 is 11.5 Å². The molecule has 0 aliphatic rings. The number of nitro groups is 1. The van der Waals surface area contributed by atoms with E-state index in [2.05, 4.69) is 0 Å². The Labute approximate surface area is 89.1 Å². The highest BCUT2D eigenvalue weighted by Crippen LogP contribution is 2.06. The number of nitrogens with zero attached hydrogens (tertiary/aromatic N) is 1. The smallest absolute Gasteiger partial charge is 0.269 e. The van der Waals surface area contributed by atoms with E-state index < -0.39 is 4.92 Å². The summed E-state index contributed by atoms with van der Waals surface area (Å²) in [6.45, 7) is 3.76. The minimum Gasteiger partial charge on any atom is -0.300 e. The SMILES string of the molecule is CCC(=O)CC.O=[N+]([O-])c1ccccc1. The lowest BCUT2D eigenvalue weighted by molar-refractivity contribution is -0.384. The zero-order chi connectivity index (χ0) is 11.7. The van der Waals surface area contributed by atoms with Crippen molar-refractivity contribution in [2.75, 3.05) is 0 Å². The molecule has 15 heavy (non-hydrogen) atoms. The summed E-state index contributed by atoms with van der Waals surface area (Å²) in [5, 5.41) is 10.0. The van der Waals surface area contributed by atoms with Crippen molar-refractivity contribution in [1.29, 1.82) is 0 Å². The van der Waals surface area contributed by atoms with E-state index in [1.54, 1.807) is 18.2 Å². The van der Waals surface area contributed by atoms with Crippen molar-refractivity contribution in [2.45, 2.75) is 26.7 Å². The fraction of sp³-hybridized carbons (Fsp3) is 0.364. The Hall–Kier alpha value is -1.71. The molecular formula is C11H15NO3. The number of Topliss-reactive ketones (excluding diaryl/α,β-unsaturated/α-hetero) is 1. The van der Waals surface area contributed by atoms with E-state index in [0.717, 1.165) is 0 Å². The van der Waals surface area contributed by atoms with Crippen LogP contribution in [0.1, 0.15) is 26.7 Å². The lowest BCUT2D eigenvalue weighted by Crippen LogP contribution is -1.88. The second-order valence-corrected chi connectivity index (χ2v) is 2.84. The summed E-state index contributed by atoms with van der Waals surface area (Å²) in [6.07, 6.45) is 1.38. The summed E-state index contributed by atoms with van der Waals surface area (Å²) >= 11 is 0. The first-order valence-electron chi connectivity index (χ1n) is 4.82. The summed E-state index contributed by atoms with van der Waals surface area (Å²) in [6, 6.07) is 7.93. The molecule has 0 saturated carbocycles. The third-order valence-corrected chi connectivity index (χ3v) is 1.76. The van der Waals surface area contributed by atoms with Gasteiger partial charge in [-0.05, 0) is 0 Å². The highest BCUT2D eigenvalue weighted by Gasteiger charge is 1.98. The van der Waals surface area contributed by atoms with Crippen molar-refractivity contribution < 1.29 is 9.72 Å². The van der Waals surface area contributed by atoms with E-state index in [9.17, 15) is 14.9 Å². The van der Waals surface area contributed by atoms with Crippen LogP contribution in [0.5, 0.6) is 0 Å². The molecule has 1 aromatic rings. The molecule has 0 fully saturated rings. The lowest BCUT2D eigenvalue weighted by Gasteiger charge is -1.85. The number of rotatable bonds is 3. The predicted molar refractivity (Wildman–Crippen MR) is 58.7 cm³/mol. The minimum atomic E-state index is -0.417. The Morgan fingerprint density at radius 1 is 1.20 bits per heavy atom. The first-order chi connectivity index (χ1) is 7.11. The molecule has 0 aromatic heterocycles. The Kier molecular flexibility index (Phi) is 6.80. The van der Waals surface area contributed by atoms with Crippen LogP contribution in [-0.4, -0.2) is 10.7 Å². The molecule has 0 N–H and O–H groups in total. The fourth-order valence-electron chi connectivity index (χ4n) is 0.800. The summed E-state index contributed by atoms with van der Waals surface area (Å²) < 4.78 is 0. The van der Waals surface area contributed by atoms with Crippen LogP contribution < -0.4 is 0 Å². The summed E-state index contributed by atoms with van der Waals surface area (Å²) in [5.74, 6) is 0.343. The third-order valence-electron chi connectivity index (χ3n) is 1.76. The molecule has 0 aliphatic heterocycles. The van der Waals surface area contributed by atoms with Gasteiger partial charge in [0.15, 0.2) is 0 Å².